The molecule has 0 aliphatic heterocycles. The van der Waals surface area contributed by atoms with Gasteiger partial charge in [0, 0.05) is 17.6 Å². The number of aromatic nitrogens is 1. The van der Waals surface area contributed by atoms with E-state index >= 15 is 0 Å². The van der Waals surface area contributed by atoms with Crippen molar-refractivity contribution >= 4 is 16.6 Å². The van der Waals surface area contributed by atoms with Crippen LogP contribution in [0.15, 0.2) is 36.5 Å². The number of hydrogen-bond acceptors (Lipinski definition) is 2. The first-order chi connectivity index (χ1) is 9.64. The molecule has 1 N–H and O–H groups in total. The fourth-order valence-electron chi connectivity index (χ4n) is 3.25. The summed E-state index contributed by atoms with van der Waals surface area (Å²) >= 11 is 0. The van der Waals surface area contributed by atoms with Crippen molar-refractivity contribution < 1.29 is 0 Å². The average molecular weight is 268 g/mol. The summed E-state index contributed by atoms with van der Waals surface area (Å²) in [5, 5.41) is 4.95. The minimum Gasteiger partial charge on any atom is -0.381 e. The maximum absolute atomic E-state index is 4.54. The zero-order valence-corrected chi connectivity index (χ0v) is 12.5. The molecule has 1 unspecified atom stereocenters. The molecular formula is C18H24N2. The van der Waals surface area contributed by atoms with Crippen LogP contribution in [0.4, 0.5) is 5.69 Å². The Balaban J connectivity index is 1.79. The van der Waals surface area contributed by atoms with Gasteiger partial charge in [-0.05, 0) is 43.2 Å². The van der Waals surface area contributed by atoms with Crippen molar-refractivity contribution in [1.82, 2.24) is 4.98 Å². The summed E-state index contributed by atoms with van der Waals surface area (Å²) in [6.45, 7) is 4.80. The number of para-hydroxylation sites is 1. The molecular weight excluding hydrogens is 244 g/mol. The highest BCUT2D eigenvalue weighted by Crippen LogP contribution is 2.35. The first-order valence-corrected chi connectivity index (χ1v) is 7.74. The number of benzene rings is 1. The molecule has 20 heavy (non-hydrogen) atoms. The molecule has 3 rings (SSSR count). The summed E-state index contributed by atoms with van der Waals surface area (Å²) < 4.78 is 0. The van der Waals surface area contributed by atoms with E-state index in [1.165, 1.54) is 43.2 Å². The van der Waals surface area contributed by atoms with Crippen LogP contribution in [0.25, 0.3) is 10.9 Å². The molecule has 0 spiro atoms. The quantitative estimate of drug-likeness (QED) is 0.775. The zero-order chi connectivity index (χ0) is 14.0. The third-order valence-corrected chi connectivity index (χ3v) is 4.57. The van der Waals surface area contributed by atoms with E-state index < -0.39 is 0 Å². The van der Waals surface area contributed by atoms with Gasteiger partial charge < -0.3 is 5.32 Å². The lowest BCUT2D eigenvalue weighted by atomic mass is 9.85. The third kappa shape index (κ3) is 2.95. The van der Waals surface area contributed by atoms with E-state index in [-0.39, 0.29) is 0 Å². The molecule has 106 valence electrons. The molecule has 0 bridgehead atoms. The van der Waals surface area contributed by atoms with E-state index in [1.807, 2.05) is 12.3 Å². The predicted molar refractivity (Wildman–Crippen MR) is 86.0 cm³/mol. The molecule has 1 atom stereocenters. The molecule has 1 aliphatic rings. The van der Waals surface area contributed by atoms with Gasteiger partial charge >= 0.3 is 0 Å². The second kappa shape index (κ2) is 5.43. The lowest BCUT2D eigenvalue weighted by molar-refractivity contribution is 0.313. The van der Waals surface area contributed by atoms with Gasteiger partial charge in [0.15, 0.2) is 0 Å². The maximum Gasteiger partial charge on any atom is 0.0933 e. The smallest absolute Gasteiger partial charge is 0.0933 e. The van der Waals surface area contributed by atoms with Crippen LogP contribution in [0.3, 0.4) is 0 Å². The lowest BCUT2D eigenvalue weighted by Crippen LogP contribution is -2.19. The van der Waals surface area contributed by atoms with Gasteiger partial charge in [-0.2, -0.15) is 0 Å². The number of fused-ring (bicyclic) bond motifs is 1. The van der Waals surface area contributed by atoms with E-state index in [2.05, 4.69) is 48.4 Å². The van der Waals surface area contributed by atoms with Crippen LogP contribution < -0.4 is 5.32 Å². The van der Waals surface area contributed by atoms with Crippen molar-refractivity contribution in [2.45, 2.75) is 52.0 Å². The number of nitrogens with one attached hydrogen (secondary N) is 1. The van der Waals surface area contributed by atoms with Gasteiger partial charge in [0.1, 0.15) is 0 Å². The second-order valence-electron chi connectivity index (χ2n) is 6.82. The highest BCUT2D eigenvalue weighted by Gasteiger charge is 2.24. The van der Waals surface area contributed by atoms with Crippen LogP contribution in [0.2, 0.25) is 0 Å². The highest BCUT2D eigenvalue weighted by molar-refractivity contribution is 5.90. The monoisotopic (exact) mass is 268 g/mol. The van der Waals surface area contributed by atoms with E-state index in [0.29, 0.717) is 11.5 Å². The fraction of sp³-hybridized carbons (Fsp3) is 0.500. The molecule has 1 heterocycles. The van der Waals surface area contributed by atoms with Crippen LogP contribution in [-0.4, -0.2) is 11.0 Å². The van der Waals surface area contributed by atoms with Gasteiger partial charge in [0.25, 0.3) is 0 Å². The molecule has 0 saturated heterocycles. The molecule has 0 radical (unpaired) electrons. The Labute approximate surface area is 121 Å². The van der Waals surface area contributed by atoms with Crippen LogP contribution in [0.5, 0.6) is 0 Å². The Kier molecular flexibility index (Phi) is 3.64. The van der Waals surface area contributed by atoms with Gasteiger partial charge in [0.05, 0.1) is 11.2 Å². The lowest BCUT2D eigenvalue weighted by Gasteiger charge is -2.22. The number of nitrogens with zero attached hydrogens (tertiary/aromatic N) is 1. The largest absolute Gasteiger partial charge is 0.381 e. The van der Waals surface area contributed by atoms with Crippen molar-refractivity contribution in [3.63, 3.8) is 0 Å². The molecule has 2 heteroatoms. The highest BCUT2D eigenvalue weighted by atomic mass is 14.9. The summed E-state index contributed by atoms with van der Waals surface area (Å²) in [7, 11) is 0. The standard InChI is InChI=1S/C18H24N2/c1-18(2)11-4-8-15(10-12-18)20-16-9-3-6-14-7-5-13-19-17(14)16/h3,5-7,9,13,15,20H,4,8,10-12H2,1-2H3. The first kappa shape index (κ1) is 13.4. The average Bonchev–Trinajstić information content (AvgIpc) is 2.61. The molecule has 2 aromatic rings. The summed E-state index contributed by atoms with van der Waals surface area (Å²) in [5.41, 5.74) is 2.79. The molecule has 1 fully saturated rings. The Morgan fingerprint density at radius 3 is 2.85 bits per heavy atom. The molecule has 1 aromatic heterocycles. The van der Waals surface area contributed by atoms with Crippen LogP contribution in [0, 0.1) is 5.41 Å². The number of rotatable bonds is 2. The summed E-state index contributed by atoms with van der Waals surface area (Å²) in [6, 6.07) is 11.1. The van der Waals surface area contributed by atoms with Gasteiger partial charge in [-0.3, -0.25) is 4.98 Å². The van der Waals surface area contributed by atoms with E-state index in [9.17, 15) is 0 Å². The first-order valence-electron chi connectivity index (χ1n) is 7.74. The summed E-state index contributed by atoms with van der Waals surface area (Å²) in [5.74, 6) is 0. The fourth-order valence-corrected chi connectivity index (χ4v) is 3.25. The van der Waals surface area contributed by atoms with Crippen molar-refractivity contribution in [2.75, 3.05) is 5.32 Å². The Morgan fingerprint density at radius 1 is 1.10 bits per heavy atom. The Bertz CT molecular complexity index is 583. The van der Waals surface area contributed by atoms with Gasteiger partial charge in [-0.1, -0.05) is 38.5 Å². The minimum atomic E-state index is 0.507. The Hall–Kier alpha value is -1.57. The Morgan fingerprint density at radius 2 is 1.95 bits per heavy atom. The van der Waals surface area contributed by atoms with Crippen LogP contribution in [0.1, 0.15) is 46.0 Å². The van der Waals surface area contributed by atoms with Gasteiger partial charge in [-0.25, -0.2) is 0 Å². The van der Waals surface area contributed by atoms with Gasteiger partial charge in [-0.15, -0.1) is 0 Å². The van der Waals surface area contributed by atoms with Crippen LogP contribution in [-0.2, 0) is 0 Å². The van der Waals surface area contributed by atoms with Crippen LogP contribution >= 0.6 is 0 Å². The predicted octanol–water partition coefficient (Wildman–Crippen LogP) is 5.01. The maximum atomic E-state index is 4.54. The molecule has 2 nitrogen and oxygen atoms in total. The summed E-state index contributed by atoms with van der Waals surface area (Å²) in [6.07, 6.45) is 8.39. The number of pyridine rings is 1. The van der Waals surface area contributed by atoms with Gasteiger partial charge in [0.2, 0.25) is 0 Å². The van der Waals surface area contributed by atoms with Crippen molar-refractivity contribution in [2.24, 2.45) is 5.41 Å². The topological polar surface area (TPSA) is 24.9 Å². The number of anilines is 1. The normalized spacial score (nSPS) is 22.4. The van der Waals surface area contributed by atoms with E-state index in [4.69, 9.17) is 0 Å². The van der Waals surface area contributed by atoms with E-state index in [0.717, 1.165) is 5.52 Å². The molecule has 0 amide bonds. The second-order valence-corrected chi connectivity index (χ2v) is 6.82. The van der Waals surface area contributed by atoms with Crippen molar-refractivity contribution in [3.05, 3.63) is 36.5 Å². The van der Waals surface area contributed by atoms with Crippen molar-refractivity contribution in [3.8, 4) is 0 Å². The molecule has 1 aliphatic carbocycles. The summed E-state index contributed by atoms with van der Waals surface area (Å²) in [4.78, 5) is 4.54. The zero-order valence-electron chi connectivity index (χ0n) is 12.5. The third-order valence-electron chi connectivity index (χ3n) is 4.57. The minimum absolute atomic E-state index is 0.507. The number of hydrogen-bond donors (Lipinski definition) is 1. The van der Waals surface area contributed by atoms with E-state index in [1.54, 1.807) is 0 Å². The molecule has 1 aromatic carbocycles. The molecule has 1 saturated carbocycles. The van der Waals surface area contributed by atoms with Crippen molar-refractivity contribution in [1.29, 1.82) is 0 Å². The SMILES string of the molecule is CC1(C)CCCC(Nc2cccc3cccnc23)CC1.